The Morgan fingerprint density at radius 2 is 2.00 bits per heavy atom. The smallest absolute Gasteiger partial charge is 0.336 e. The first-order valence-electron chi connectivity index (χ1n) is 8.79. The van der Waals surface area contributed by atoms with Gasteiger partial charge in [-0.1, -0.05) is 18.2 Å². The second kappa shape index (κ2) is 8.20. The number of thiazole rings is 1. The maximum absolute atomic E-state index is 13.3. The van der Waals surface area contributed by atoms with Crippen LogP contribution >= 0.6 is 11.3 Å². The second-order valence-electron chi connectivity index (χ2n) is 6.36. The number of aromatic carboxylic acids is 1. The summed E-state index contributed by atoms with van der Waals surface area (Å²) in [6.07, 6.45) is 9.06. The van der Waals surface area contributed by atoms with Crippen LogP contribution in [-0.2, 0) is 6.54 Å². The van der Waals surface area contributed by atoms with Crippen molar-refractivity contribution < 1.29 is 14.3 Å². The van der Waals surface area contributed by atoms with E-state index < -0.39 is 5.97 Å². The van der Waals surface area contributed by atoms with Crippen LogP contribution in [0.3, 0.4) is 0 Å². The lowest BCUT2D eigenvalue weighted by Crippen LogP contribution is -2.01. The van der Waals surface area contributed by atoms with E-state index in [1.165, 1.54) is 23.5 Å². The van der Waals surface area contributed by atoms with Gasteiger partial charge < -0.3 is 9.67 Å². The van der Waals surface area contributed by atoms with E-state index in [0.717, 1.165) is 16.1 Å². The number of carboxylic acids is 1. The summed E-state index contributed by atoms with van der Waals surface area (Å²) in [6.45, 7) is 0.583. The van der Waals surface area contributed by atoms with E-state index in [2.05, 4.69) is 9.97 Å². The minimum Gasteiger partial charge on any atom is -0.478 e. The maximum Gasteiger partial charge on any atom is 0.336 e. The molecule has 0 fully saturated rings. The van der Waals surface area contributed by atoms with Crippen LogP contribution < -0.4 is 0 Å². The van der Waals surface area contributed by atoms with Gasteiger partial charge in [-0.25, -0.2) is 19.2 Å². The van der Waals surface area contributed by atoms with Crippen LogP contribution in [0.4, 0.5) is 4.39 Å². The summed E-state index contributed by atoms with van der Waals surface area (Å²) in [5.74, 6) is -1.40. The number of imidazole rings is 1. The number of aromatic nitrogens is 3. The van der Waals surface area contributed by atoms with Crippen molar-refractivity contribution in [3.05, 3.63) is 94.7 Å². The van der Waals surface area contributed by atoms with Crippen molar-refractivity contribution in [1.29, 1.82) is 0 Å². The number of carbonyl (C=O) groups is 1. The fourth-order valence-corrected chi connectivity index (χ4v) is 3.69. The zero-order valence-corrected chi connectivity index (χ0v) is 16.0. The molecule has 0 radical (unpaired) electrons. The summed E-state index contributed by atoms with van der Waals surface area (Å²) >= 11 is 1.53. The molecule has 0 aliphatic rings. The molecule has 0 saturated carbocycles. The van der Waals surface area contributed by atoms with Gasteiger partial charge in [0.1, 0.15) is 10.8 Å². The molecule has 2 heterocycles. The van der Waals surface area contributed by atoms with E-state index in [1.54, 1.807) is 49.1 Å². The molecule has 0 unspecified atom stereocenters. The summed E-state index contributed by atoms with van der Waals surface area (Å²) in [6, 6.07) is 10.9. The Morgan fingerprint density at radius 1 is 1.17 bits per heavy atom. The highest BCUT2D eigenvalue weighted by Gasteiger charge is 2.13. The Balaban J connectivity index is 1.79. The summed E-state index contributed by atoms with van der Waals surface area (Å²) in [4.78, 5) is 20.2. The quantitative estimate of drug-likeness (QED) is 0.485. The number of hydrogen-bond donors (Lipinski definition) is 1. The summed E-state index contributed by atoms with van der Waals surface area (Å²) < 4.78 is 15.3. The molecule has 2 aromatic heterocycles. The highest BCUT2D eigenvalue weighted by atomic mass is 32.1. The minimum absolute atomic E-state index is 0.166. The van der Waals surface area contributed by atoms with Gasteiger partial charge in [-0.2, -0.15) is 0 Å². The zero-order valence-electron chi connectivity index (χ0n) is 15.2. The zero-order chi connectivity index (χ0) is 20.2. The maximum atomic E-state index is 13.3. The Hall–Kier alpha value is -3.58. The minimum atomic E-state index is -1.03. The highest BCUT2D eigenvalue weighted by Crippen LogP contribution is 2.28. The van der Waals surface area contributed by atoms with Gasteiger partial charge in [-0.15, -0.1) is 11.3 Å². The fourth-order valence-electron chi connectivity index (χ4n) is 3.04. The Kier molecular flexibility index (Phi) is 5.31. The Labute approximate surface area is 170 Å². The average Bonchev–Trinajstić information content (AvgIpc) is 3.42. The molecule has 29 heavy (non-hydrogen) atoms. The molecule has 2 aromatic carbocycles. The molecule has 0 aliphatic carbocycles. The molecule has 1 N–H and O–H groups in total. The lowest BCUT2D eigenvalue weighted by molar-refractivity contribution is 0.0697. The average molecular weight is 405 g/mol. The first-order chi connectivity index (χ1) is 14.1. The number of benzene rings is 2. The van der Waals surface area contributed by atoms with Crippen molar-refractivity contribution in [3.63, 3.8) is 0 Å². The highest BCUT2D eigenvalue weighted by molar-refractivity contribution is 7.10. The number of allylic oxidation sites excluding steroid dienone is 1. The molecule has 0 saturated heterocycles. The number of rotatable bonds is 6. The van der Waals surface area contributed by atoms with E-state index in [0.29, 0.717) is 17.7 Å². The standard InChI is InChI=1S/C22H16FN3O2S/c23-18-4-2-16(3-5-18)20-12-15(1-6-19(20)22(27)28)11-17(21-25-8-10-29-21)13-26-9-7-24-14-26/h1-12,14H,13H2,(H,27,28)/b17-11+. The van der Waals surface area contributed by atoms with E-state index in [-0.39, 0.29) is 11.4 Å². The number of halogens is 1. The molecule has 4 aromatic rings. The Bertz CT molecular complexity index is 1150. The van der Waals surface area contributed by atoms with Crippen molar-refractivity contribution in [3.8, 4) is 11.1 Å². The van der Waals surface area contributed by atoms with Gasteiger partial charge in [0, 0.05) is 29.5 Å². The van der Waals surface area contributed by atoms with Crippen molar-refractivity contribution in [2.75, 3.05) is 0 Å². The van der Waals surface area contributed by atoms with Crippen molar-refractivity contribution in [2.24, 2.45) is 0 Å². The van der Waals surface area contributed by atoms with E-state index >= 15 is 0 Å². The predicted octanol–water partition coefficient (Wildman–Crippen LogP) is 5.08. The van der Waals surface area contributed by atoms with Gasteiger partial charge in [-0.3, -0.25) is 0 Å². The molecule has 144 valence electrons. The topological polar surface area (TPSA) is 68.0 Å². The van der Waals surface area contributed by atoms with Gasteiger partial charge in [-0.05, 0) is 47.0 Å². The lowest BCUT2D eigenvalue weighted by Gasteiger charge is -2.10. The van der Waals surface area contributed by atoms with Crippen LogP contribution in [-0.4, -0.2) is 25.6 Å². The predicted molar refractivity (Wildman–Crippen MR) is 111 cm³/mol. The third-order valence-electron chi connectivity index (χ3n) is 4.39. The molecule has 4 rings (SSSR count). The number of carboxylic acid groups (broad SMARTS) is 1. The lowest BCUT2D eigenvalue weighted by atomic mass is 9.96. The van der Waals surface area contributed by atoms with Crippen LogP contribution in [0.25, 0.3) is 22.8 Å². The molecule has 0 spiro atoms. The molecule has 5 nitrogen and oxygen atoms in total. The molecule has 7 heteroatoms. The van der Waals surface area contributed by atoms with Gasteiger partial charge in [0.2, 0.25) is 0 Å². The van der Waals surface area contributed by atoms with Crippen molar-refractivity contribution >= 4 is 29.0 Å². The molecule has 0 atom stereocenters. The SMILES string of the molecule is O=C(O)c1ccc(/C=C(\Cn2ccnc2)c2nccs2)cc1-c1ccc(F)cc1. The molecular formula is C22H16FN3O2S. The van der Waals surface area contributed by atoms with Crippen molar-refractivity contribution in [2.45, 2.75) is 6.54 Å². The van der Waals surface area contributed by atoms with Crippen LogP contribution in [0.15, 0.2) is 72.8 Å². The Morgan fingerprint density at radius 3 is 2.66 bits per heavy atom. The van der Waals surface area contributed by atoms with Gasteiger partial charge in [0.15, 0.2) is 0 Å². The molecule has 0 aliphatic heterocycles. The summed E-state index contributed by atoms with van der Waals surface area (Å²) in [7, 11) is 0. The summed E-state index contributed by atoms with van der Waals surface area (Å²) in [5, 5.41) is 12.4. The van der Waals surface area contributed by atoms with Gasteiger partial charge in [0.25, 0.3) is 0 Å². The molecule has 0 bridgehead atoms. The number of hydrogen-bond acceptors (Lipinski definition) is 4. The molecule has 0 amide bonds. The monoisotopic (exact) mass is 405 g/mol. The van der Waals surface area contributed by atoms with Crippen LogP contribution in [0.2, 0.25) is 0 Å². The van der Waals surface area contributed by atoms with E-state index in [1.807, 2.05) is 22.2 Å². The second-order valence-corrected chi connectivity index (χ2v) is 7.25. The summed E-state index contributed by atoms with van der Waals surface area (Å²) in [5.41, 5.74) is 3.15. The normalized spacial score (nSPS) is 11.6. The van der Waals surface area contributed by atoms with Crippen LogP contribution in [0.5, 0.6) is 0 Å². The largest absolute Gasteiger partial charge is 0.478 e. The fraction of sp³-hybridized carbons (Fsp3) is 0.0455. The number of nitrogens with zero attached hydrogens (tertiary/aromatic N) is 3. The van der Waals surface area contributed by atoms with Crippen molar-refractivity contribution in [1.82, 2.24) is 14.5 Å². The third-order valence-corrected chi connectivity index (χ3v) is 5.24. The van der Waals surface area contributed by atoms with E-state index in [9.17, 15) is 14.3 Å². The van der Waals surface area contributed by atoms with Gasteiger partial charge in [0.05, 0.1) is 18.4 Å². The first kappa shape index (κ1) is 18.8. The van der Waals surface area contributed by atoms with Gasteiger partial charge >= 0.3 is 5.97 Å². The molecular weight excluding hydrogens is 389 g/mol. The van der Waals surface area contributed by atoms with Crippen LogP contribution in [0, 0.1) is 5.82 Å². The van der Waals surface area contributed by atoms with E-state index in [4.69, 9.17) is 0 Å². The first-order valence-corrected chi connectivity index (χ1v) is 9.67. The van der Waals surface area contributed by atoms with Crippen LogP contribution in [0.1, 0.15) is 20.9 Å². The third kappa shape index (κ3) is 4.30.